The molecule has 1 rings (SSSR count). The van der Waals surface area contributed by atoms with Crippen molar-refractivity contribution in [2.75, 3.05) is 0 Å². The molecule has 6 nitrogen and oxygen atoms in total. The average molecular weight is 163 g/mol. The van der Waals surface area contributed by atoms with Crippen LogP contribution in [-0.2, 0) is 0 Å². The SMILES string of the molecule is NC1=NC(N)N(Cl)C(N)=N1. The smallest absolute Gasteiger partial charge is 0.221 e. The molecule has 7 heteroatoms. The molecule has 0 aliphatic carbocycles. The lowest BCUT2D eigenvalue weighted by atomic mass is 10.7. The van der Waals surface area contributed by atoms with Crippen molar-refractivity contribution in [1.29, 1.82) is 0 Å². The highest BCUT2D eigenvalue weighted by molar-refractivity contribution is 6.23. The molecule has 1 unspecified atom stereocenters. The first-order valence-electron chi connectivity index (χ1n) is 2.49. The topological polar surface area (TPSA) is 106 Å². The maximum absolute atomic E-state index is 5.47. The second-order valence-corrected chi connectivity index (χ2v) is 2.05. The minimum atomic E-state index is -0.737. The molecule has 0 saturated carbocycles. The number of nitrogens with zero attached hydrogens (tertiary/aromatic N) is 3. The lowest BCUT2D eigenvalue weighted by Crippen LogP contribution is -2.46. The Balaban J connectivity index is 2.85. The van der Waals surface area contributed by atoms with Crippen LogP contribution in [-0.4, -0.2) is 22.6 Å². The van der Waals surface area contributed by atoms with Crippen molar-refractivity contribution in [3.05, 3.63) is 0 Å². The molecule has 0 bridgehead atoms. The average Bonchev–Trinajstić information content (AvgIpc) is 1.82. The van der Waals surface area contributed by atoms with Crippen LogP contribution < -0.4 is 17.2 Å². The highest BCUT2D eigenvalue weighted by Crippen LogP contribution is 2.03. The van der Waals surface area contributed by atoms with Crippen molar-refractivity contribution in [2.24, 2.45) is 27.2 Å². The highest BCUT2D eigenvalue weighted by atomic mass is 35.5. The molecule has 10 heavy (non-hydrogen) atoms. The largest absolute Gasteiger partial charge is 0.368 e. The fourth-order valence-electron chi connectivity index (χ4n) is 0.516. The van der Waals surface area contributed by atoms with E-state index in [0.717, 1.165) is 4.42 Å². The Labute approximate surface area is 62.4 Å². The minimum absolute atomic E-state index is 0.0434. The van der Waals surface area contributed by atoms with Crippen LogP contribution in [0.4, 0.5) is 0 Å². The second kappa shape index (κ2) is 2.31. The Bertz CT molecular complexity index is 197. The number of rotatable bonds is 0. The van der Waals surface area contributed by atoms with Crippen molar-refractivity contribution in [2.45, 2.75) is 6.29 Å². The van der Waals surface area contributed by atoms with E-state index < -0.39 is 6.29 Å². The monoisotopic (exact) mass is 162 g/mol. The van der Waals surface area contributed by atoms with E-state index >= 15 is 0 Å². The van der Waals surface area contributed by atoms with Crippen molar-refractivity contribution < 1.29 is 0 Å². The van der Waals surface area contributed by atoms with Crippen LogP contribution in [0.3, 0.4) is 0 Å². The quantitative estimate of drug-likeness (QED) is 0.370. The normalized spacial score (nSPS) is 25.8. The molecule has 1 atom stereocenters. The molecule has 0 aromatic rings. The lowest BCUT2D eigenvalue weighted by Gasteiger charge is -2.21. The molecule has 6 N–H and O–H groups in total. The van der Waals surface area contributed by atoms with Gasteiger partial charge in [0.1, 0.15) is 0 Å². The van der Waals surface area contributed by atoms with Gasteiger partial charge in [0.25, 0.3) is 0 Å². The zero-order valence-corrected chi connectivity index (χ0v) is 5.78. The van der Waals surface area contributed by atoms with Crippen LogP contribution in [0.2, 0.25) is 0 Å². The third kappa shape index (κ3) is 1.12. The summed E-state index contributed by atoms with van der Waals surface area (Å²) in [4.78, 5) is 7.16. The van der Waals surface area contributed by atoms with Gasteiger partial charge in [-0.3, -0.25) is 5.73 Å². The van der Waals surface area contributed by atoms with Gasteiger partial charge in [-0.1, -0.05) is 0 Å². The summed E-state index contributed by atoms with van der Waals surface area (Å²) < 4.78 is 0.996. The van der Waals surface area contributed by atoms with Crippen LogP contribution in [0.15, 0.2) is 9.98 Å². The zero-order valence-electron chi connectivity index (χ0n) is 5.03. The van der Waals surface area contributed by atoms with Gasteiger partial charge in [0, 0.05) is 11.8 Å². The van der Waals surface area contributed by atoms with E-state index in [1.165, 1.54) is 0 Å². The van der Waals surface area contributed by atoms with Crippen LogP contribution in [0.25, 0.3) is 0 Å². The number of halogens is 1. The van der Waals surface area contributed by atoms with Crippen LogP contribution in [0, 0.1) is 0 Å². The fourth-order valence-corrected chi connectivity index (χ4v) is 0.597. The molecule has 0 amide bonds. The highest BCUT2D eigenvalue weighted by Gasteiger charge is 2.17. The molecule has 0 saturated heterocycles. The van der Waals surface area contributed by atoms with Gasteiger partial charge in [0.15, 0.2) is 6.29 Å². The number of hydrogen-bond donors (Lipinski definition) is 3. The van der Waals surface area contributed by atoms with Crippen molar-refractivity contribution in [3.63, 3.8) is 0 Å². The van der Waals surface area contributed by atoms with E-state index in [1.54, 1.807) is 0 Å². The van der Waals surface area contributed by atoms with E-state index in [1.807, 2.05) is 0 Å². The molecule has 1 aliphatic heterocycles. The van der Waals surface area contributed by atoms with Gasteiger partial charge in [-0.2, -0.15) is 4.99 Å². The van der Waals surface area contributed by atoms with Gasteiger partial charge >= 0.3 is 0 Å². The maximum Gasteiger partial charge on any atom is 0.221 e. The number of hydrogen-bond acceptors (Lipinski definition) is 6. The van der Waals surface area contributed by atoms with E-state index in [9.17, 15) is 0 Å². The number of aliphatic imine (C=N–C) groups is 2. The van der Waals surface area contributed by atoms with E-state index in [4.69, 9.17) is 29.0 Å². The van der Waals surface area contributed by atoms with Crippen LogP contribution in [0.1, 0.15) is 0 Å². The van der Waals surface area contributed by atoms with Gasteiger partial charge in [-0.05, 0) is 0 Å². The van der Waals surface area contributed by atoms with E-state index in [-0.39, 0.29) is 11.9 Å². The molecular weight excluding hydrogens is 156 g/mol. The van der Waals surface area contributed by atoms with Crippen molar-refractivity contribution in [1.82, 2.24) is 4.42 Å². The van der Waals surface area contributed by atoms with Gasteiger partial charge in [0.05, 0.1) is 0 Å². The first-order valence-corrected chi connectivity index (χ1v) is 2.83. The summed E-state index contributed by atoms with van der Waals surface area (Å²) in [7, 11) is 0. The van der Waals surface area contributed by atoms with Gasteiger partial charge in [0.2, 0.25) is 11.9 Å². The Hall–Kier alpha value is -1.01. The van der Waals surface area contributed by atoms with Gasteiger partial charge in [-0.15, -0.1) is 0 Å². The Kier molecular flexibility index (Phi) is 1.64. The summed E-state index contributed by atoms with van der Waals surface area (Å²) in [6, 6.07) is 0. The maximum atomic E-state index is 5.47. The number of guanidine groups is 2. The van der Waals surface area contributed by atoms with Crippen molar-refractivity contribution >= 4 is 23.7 Å². The first-order chi connectivity index (χ1) is 4.61. The number of nitrogens with two attached hydrogens (primary N) is 3. The first kappa shape index (κ1) is 7.10. The Morgan fingerprint density at radius 1 is 1.50 bits per heavy atom. The fraction of sp³-hybridized carbons (Fsp3) is 0.333. The summed E-state index contributed by atoms with van der Waals surface area (Å²) in [5.41, 5.74) is 15.8. The summed E-state index contributed by atoms with van der Waals surface area (Å²) in [6.07, 6.45) is -0.737. The summed E-state index contributed by atoms with van der Waals surface area (Å²) in [6.45, 7) is 0. The van der Waals surface area contributed by atoms with Crippen molar-refractivity contribution in [3.8, 4) is 0 Å². The minimum Gasteiger partial charge on any atom is -0.368 e. The van der Waals surface area contributed by atoms with E-state index in [0.29, 0.717) is 0 Å². The predicted molar refractivity (Wildman–Crippen MR) is 38.9 cm³/mol. The lowest BCUT2D eigenvalue weighted by molar-refractivity contribution is 0.481. The molecule has 0 aromatic heterocycles. The predicted octanol–water partition coefficient (Wildman–Crippen LogP) is -1.67. The zero-order chi connectivity index (χ0) is 7.72. The second-order valence-electron chi connectivity index (χ2n) is 1.68. The third-order valence-electron chi connectivity index (χ3n) is 0.945. The summed E-state index contributed by atoms with van der Waals surface area (Å²) in [5, 5.41) is 0. The standard InChI is InChI=1S/C3H7ClN6/c4-10-2(6)8-1(5)9-3(10)7/h2H,6H2,(H4,5,7,8,9). The molecule has 1 aliphatic rings. The van der Waals surface area contributed by atoms with Crippen LogP contribution in [0.5, 0.6) is 0 Å². The molecular formula is C3H7ClN6. The molecule has 0 aromatic carbocycles. The Morgan fingerprint density at radius 2 is 2.10 bits per heavy atom. The molecule has 0 spiro atoms. The third-order valence-corrected chi connectivity index (χ3v) is 1.32. The molecule has 1 heterocycles. The van der Waals surface area contributed by atoms with Crippen LogP contribution >= 0.6 is 11.8 Å². The molecule has 0 radical (unpaired) electrons. The Morgan fingerprint density at radius 3 is 2.60 bits per heavy atom. The molecule has 56 valence electrons. The van der Waals surface area contributed by atoms with E-state index in [2.05, 4.69) is 9.98 Å². The van der Waals surface area contributed by atoms with Gasteiger partial charge in [-0.25, -0.2) is 9.41 Å². The summed E-state index contributed by atoms with van der Waals surface area (Å²) >= 11 is 5.47. The molecule has 0 fully saturated rings. The van der Waals surface area contributed by atoms with Gasteiger partial charge < -0.3 is 11.5 Å². The summed E-state index contributed by atoms with van der Waals surface area (Å²) in [5.74, 6) is 0.101.